The Morgan fingerprint density at radius 2 is 1.84 bits per heavy atom. The zero-order valence-corrected chi connectivity index (χ0v) is 13.0. The highest BCUT2D eigenvalue weighted by Gasteiger charge is 2.05. The standard InChI is InChI=1S/C15H10BrCl2N/c16-12-3-1-10-5-6-19(15(10)7-12)9-11-2-4-13(17)8-14(11)18/h1-8H,9H2. The van der Waals surface area contributed by atoms with E-state index in [4.69, 9.17) is 23.2 Å². The van der Waals surface area contributed by atoms with Crippen LogP contribution >= 0.6 is 39.1 Å². The first-order chi connectivity index (χ1) is 9.13. The first-order valence-electron chi connectivity index (χ1n) is 5.82. The highest BCUT2D eigenvalue weighted by atomic mass is 79.9. The van der Waals surface area contributed by atoms with Gasteiger partial charge in [0, 0.05) is 32.8 Å². The number of halogens is 3. The Kier molecular flexibility index (Phi) is 3.57. The Balaban J connectivity index is 2.03. The largest absolute Gasteiger partial charge is 0.343 e. The van der Waals surface area contributed by atoms with Gasteiger partial charge < -0.3 is 4.57 Å². The maximum atomic E-state index is 6.22. The monoisotopic (exact) mass is 353 g/mol. The van der Waals surface area contributed by atoms with Crippen LogP contribution in [0, 0.1) is 0 Å². The van der Waals surface area contributed by atoms with Gasteiger partial charge in [0.1, 0.15) is 0 Å². The molecule has 0 N–H and O–H groups in total. The summed E-state index contributed by atoms with van der Waals surface area (Å²) in [6, 6.07) is 14.0. The van der Waals surface area contributed by atoms with Crippen LogP contribution in [-0.4, -0.2) is 4.57 Å². The second-order valence-electron chi connectivity index (χ2n) is 4.38. The maximum Gasteiger partial charge on any atom is 0.0494 e. The van der Waals surface area contributed by atoms with E-state index in [0.717, 1.165) is 16.6 Å². The molecule has 0 unspecified atom stereocenters. The average molecular weight is 355 g/mol. The van der Waals surface area contributed by atoms with Crippen LogP contribution in [0.3, 0.4) is 0 Å². The number of nitrogens with zero attached hydrogens (tertiary/aromatic N) is 1. The predicted molar refractivity (Wildman–Crippen MR) is 85.2 cm³/mol. The second-order valence-corrected chi connectivity index (χ2v) is 6.14. The fourth-order valence-corrected chi connectivity index (χ4v) is 2.95. The van der Waals surface area contributed by atoms with Crippen LogP contribution in [0.25, 0.3) is 10.9 Å². The molecular weight excluding hydrogens is 345 g/mol. The summed E-state index contributed by atoms with van der Waals surface area (Å²) in [6.07, 6.45) is 2.07. The number of hydrogen-bond donors (Lipinski definition) is 0. The van der Waals surface area contributed by atoms with E-state index < -0.39 is 0 Å². The summed E-state index contributed by atoms with van der Waals surface area (Å²) in [6.45, 7) is 0.732. The third-order valence-corrected chi connectivity index (χ3v) is 4.17. The number of rotatable bonds is 2. The Bertz CT molecular complexity index is 749. The molecule has 0 fully saturated rings. The van der Waals surface area contributed by atoms with Gasteiger partial charge in [0.2, 0.25) is 0 Å². The molecule has 0 bridgehead atoms. The molecule has 4 heteroatoms. The minimum absolute atomic E-state index is 0.661. The molecule has 2 aromatic carbocycles. The van der Waals surface area contributed by atoms with Gasteiger partial charge >= 0.3 is 0 Å². The molecule has 96 valence electrons. The fraction of sp³-hybridized carbons (Fsp3) is 0.0667. The molecule has 0 amide bonds. The van der Waals surface area contributed by atoms with Crippen LogP contribution in [0.1, 0.15) is 5.56 Å². The van der Waals surface area contributed by atoms with Gasteiger partial charge in [-0.15, -0.1) is 0 Å². The van der Waals surface area contributed by atoms with Crippen molar-refractivity contribution in [1.82, 2.24) is 4.57 Å². The molecule has 0 atom stereocenters. The number of aromatic nitrogens is 1. The van der Waals surface area contributed by atoms with E-state index in [-0.39, 0.29) is 0 Å². The minimum atomic E-state index is 0.661. The lowest BCUT2D eigenvalue weighted by atomic mass is 10.2. The molecule has 1 heterocycles. The first kappa shape index (κ1) is 13.0. The molecule has 3 aromatic rings. The van der Waals surface area contributed by atoms with Crippen molar-refractivity contribution < 1.29 is 0 Å². The Hall–Kier alpha value is -0.960. The summed E-state index contributed by atoms with van der Waals surface area (Å²) in [7, 11) is 0. The number of fused-ring (bicyclic) bond motifs is 1. The van der Waals surface area contributed by atoms with Crippen LogP contribution in [0.2, 0.25) is 10.0 Å². The van der Waals surface area contributed by atoms with E-state index in [1.807, 2.05) is 18.2 Å². The molecule has 0 aliphatic rings. The maximum absolute atomic E-state index is 6.22. The second kappa shape index (κ2) is 5.20. The third kappa shape index (κ3) is 2.66. The summed E-state index contributed by atoms with van der Waals surface area (Å²) < 4.78 is 3.25. The lowest BCUT2D eigenvalue weighted by molar-refractivity contribution is 0.837. The molecule has 0 aliphatic heterocycles. The fourth-order valence-electron chi connectivity index (χ4n) is 2.13. The van der Waals surface area contributed by atoms with Crippen molar-refractivity contribution in [2.24, 2.45) is 0 Å². The predicted octanol–water partition coefficient (Wildman–Crippen LogP) is 5.76. The van der Waals surface area contributed by atoms with Crippen molar-refractivity contribution >= 4 is 50.0 Å². The van der Waals surface area contributed by atoms with Crippen LogP contribution in [0.15, 0.2) is 53.1 Å². The molecule has 0 saturated heterocycles. The molecule has 0 radical (unpaired) electrons. The van der Waals surface area contributed by atoms with Gasteiger partial charge in [0.05, 0.1) is 0 Å². The van der Waals surface area contributed by atoms with Gasteiger partial charge in [-0.25, -0.2) is 0 Å². The molecule has 0 aliphatic carbocycles. The summed E-state index contributed by atoms with van der Waals surface area (Å²) in [5.41, 5.74) is 2.24. The van der Waals surface area contributed by atoms with E-state index in [1.54, 1.807) is 6.07 Å². The Morgan fingerprint density at radius 3 is 2.63 bits per heavy atom. The van der Waals surface area contributed by atoms with E-state index in [9.17, 15) is 0 Å². The molecule has 0 saturated carbocycles. The Labute approximate surface area is 129 Å². The van der Waals surface area contributed by atoms with Crippen molar-refractivity contribution in [3.8, 4) is 0 Å². The Morgan fingerprint density at radius 1 is 1.00 bits per heavy atom. The summed E-state index contributed by atoms with van der Waals surface area (Å²) in [5, 5.41) is 2.58. The van der Waals surface area contributed by atoms with Gasteiger partial charge in [-0.1, -0.05) is 51.3 Å². The molecule has 1 aromatic heterocycles. The van der Waals surface area contributed by atoms with Crippen LogP contribution in [-0.2, 0) is 6.54 Å². The van der Waals surface area contributed by atoms with Gasteiger partial charge in [-0.2, -0.15) is 0 Å². The lowest BCUT2D eigenvalue weighted by Gasteiger charge is -2.08. The van der Waals surface area contributed by atoms with Gasteiger partial charge in [0.15, 0.2) is 0 Å². The van der Waals surface area contributed by atoms with E-state index in [2.05, 4.69) is 44.9 Å². The highest BCUT2D eigenvalue weighted by Crippen LogP contribution is 2.25. The van der Waals surface area contributed by atoms with Crippen molar-refractivity contribution in [3.05, 3.63) is 68.7 Å². The summed E-state index contributed by atoms with van der Waals surface area (Å²) in [4.78, 5) is 0. The quantitative estimate of drug-likeness (QED) is 0.551. The van der Waals surface area contributed by atoms with E-state index in [1.165, 1.54) is 10.9 Å². The summed E-state index contributed by atoms with van der Waals surface area (Å²) in [5.74, 6) is 0. The number of benzene rings is 2. The van der Waals surface area contributed by atoms with E-state index >= 15 is 0 Å². The topological polar surface area (TPSA) is 4.93 Å². The average Bonchev–Trinajstić information content (AvgIpc) is 2.75. The molecule has 0 spiro atoms. The van der Waals surface area contributed by atoms with Gasteiger partial charge in [0.25, 0.3) is 0 Å². The van der Waals surface area contributed by atoms with Crippen molar-refractivity contribution in [1.29, 1.82) is 0 Å². The van der Waals surface area contributed by atoms with Crippen molar-refractivity contribution in [2.45, 2.75) is 6.54 Å². The molecule has 19 heavy (non-hydrogen) atoms. The molecule has 1 nitrogen and oxygen atoms in total. The third-order valence-electron chi connectivity index (χ3n) is 3.09. The smallest absolute Gasteiger partial charge is 0.0494 e. The zero-order valence-electron chi connectivity index (χ0n) is 9.91. The zero-order chi connectivity index (χ0) is 13.4. The lowest BCUT2D eigenvalue weighted by Crippen LogP contribution is -1.98. The normalized spacial score (nSPS) is 11.1. The van der Waals surface area contributed by atoms with Gasteiger partial charge in [-0.3, -0.25) is 0 Å². The van der Waals surface area contributed by atoms with Crippen LogP contribution < -0.4 is 0 Å². The van der Waals surface area contributed by atoms with Crippen molar-refractivity contribution in [3.63, 3.8) is 0 Å². The highest BCUT2D eigenvalue weighted by molar-refractivity contribution is 9.10. The van der Waals surface area contributed by atoms with Crippen LogP contribution in [0.5, 0.6) is 0 Å². The summed E-state index contributed by atoms with van der Waals surface area (Å²) >= 11 is 15.6. The van der Waals surface area contributed by atoms with Crippen LogP contribution in [0.4, 0.5) is 0 Å². The SMILES string of the molecule is Clc1ccc(Cn2ccc3ccc(Br)cc32)c(Cl)c1. The van der Waals surface area contributed by atoms with Crippen molar-refractivity contribution in [2.75, 3.05) is 0 Å². The number of hydrogen-bond acceptors (Lipinski definition) is 0. The molecular formula is C15H10BrCl2N. The first-order valence-corrected chi connectivity index (χ1v) is 7.37. The molecule has 3 rings (SSSR count). The van der Waals surface area contributed by atoms with Gasteiger partial charge in [-0.05, 0) is 41.3 Å². The van der Waals surface area contributed by atoms with E-state index in [0.29, 0.717) is 10.0 Å². The minimum Gasteiger partial charge on any atom is -0.343 e.